The second-order valence-electron chi connectivity index (χ2n) is 6.56. The highest BCUT2D eigenvalue weighted by atomic mass is 16.5. The maximum Gasteiger partial charge on any atom is 0.342 e. The Morgan fingerprint density at radius 1 is 1.31 bits per heavy atom. The molecule has 0 amide bonds. The van der Waals surface area contributed by atoms with Crippen molar-refractivity contribution in [3.8, 4) is 5.75 Å². The molecule has 3 aromatic rings. The van der Waals surface area contributed by atoms with Crippen LogP contribution in [0.2, 0.25) is 0 Å². The molecule has 1 aliphatic rings. The third-order valence-corrected chi connectivity index (χ3v) is 4.74. The summed E-state index contributed by atoms with van der Waals surface area (Å²) in [7, 11) is 1.62. The predicted octanol–water partition coefficient (Wildman–Crippen LogP) is 2.32. The van der Waals surface area contributed by atoms with Gasteiger partial charge in [0.05, 0.1) is 12.8 Å². The lowest BCUT2D eigenvalue weighted by Gasteiger charge is -2.10. The van der Waals surface area contributed by atoms with Gasteiger partial charge in [-0.2, -0.15) is 9.61 Å². The van der Waals surface area contributed by atoms with Crippen LogP contribution in [-0.2, 0) is 13.0 Å². The summed E-state index contributed by atoms with van der Waals surface area (Å²) in [5.41, 5.74) is 1.75. The Bertz CT molecular complexity index is 1030. The van der Waals surface area contributed by atoms with Crippen molar-refractivity contribution in [3.05, 3.63) is 63.7 Å². The lowest BCUT2D eigenvalue weighted by atomic mass is 10.1. The summed E-state index contributed by atoms with van der Waals surface area (Å²) in [5.74, 6) is -0.0614. The predicted molar refractivity (Wildman–Crippen MR) is 95.1 cm³/mol. The number of carboxylic acid groups (broad SMARTS) is 1. The van der Waals surface area contributed by atoms with E-state index in [0.29, 0.717) is 24.5 Å². The zero-order valence-corrected chi connectivity index (χ0v) is 14.4. The number of ether oxygens (including phenoxy) is 1. The molecular formula is C19H19N3O4. The number of carbonyl (C=O) groups is 1. The fraction of sp³-hybridized carbons (Fsp3) is 0.316. The highest BCUT2D eigenvalue weighted by Gasteiger charge is 2.28. The molecule has 1 fully saturated rings. The molecule has 0 aliphatic heterocycles. The summed E-state index contributed by atoms with van der Waals surface area (Å²) < 4.78 is 8.19. The molecule has 2 heterocycles. The second kappa shape index (κ2) is 6.33. The molecule has 0 bridgehead atoms. The molecular weight excluding hydrogens is 334 g/mol. The second-order valence-corrected chi connectivity index (χ2v) is 6.56. The van der Waals surface area contributed by atoms with Crippen molar-refractivity contribution < 1.29 is 14.6 Å². The number of methoxy groups -OCH3 is 1. The van der Waals surface area contributed by atoms with Crippen LogP contribution in [0.1, 0.15) is 40.4 Å². The molecule has 1 N–H and O–H groups in total. The monoisotopic (exact) mass is 353 g/mol. The number of rotatable bonds is 6. The van der Waals surface area contributed by atoms with Gasteiger partial charge in [0.2, 0.25) is 0 Å². The molecule has 7 heteroatoms. The van der Waals surface area contributed by atoms with E-state index in [-0.39, 0.29) is 5.56 Å². The molecule has 0 spiro atoms. The van der Waals surface area contributed by atoms with Gasteiger partial charge in [-0.3, -0.25) is 4.79 Å². The van der Waals surface area contributed by atoms with Crippen LogP contribution in [0.3, 0.4) is 0 Å². The summed E-state index contributed by atoms with van der Waals surface area (Å²) >= 11 is 0. The number of fused-ring (bicyclic) bond motifs is 1. The van der Waals surface area contributed by atoms with E-state index in [1.54, 1.807) is 11.7 Å². The molecule has 7 nitrogen and oxygen atoms in total. The zero-order chi connectivity index (χ0) is 18.3. The standard InChI is InChI=1S/C19H19N3O4/c1-26-14-6-2-12(3-7-14)8-9-21-11-15(19(24)25)18(23)22-17(21)10-16(20-22)13-4-5-13/h2-3,6-7,10-11,13H,4-5,8-9H2,1H3,(H,24,25). The van der Waals surface area contributed by atoms with E-state index in [9.17, 15) is 14.7 Å². The van der Waals surface area contributed by atoms with Gasteiger partial charge in [-0.05, 0) is 37.0 Å². The fourth-order valence-corrected chi connectivity index (χ4v) is 3.08. The van der Waals surface area contributed by atoms with Crippen molar-refractivity contribution in [2.45, 2.75) is 31.7 Å². The Kier molecular flexibility index (Phi) is 3.99. The van der Waals surface area contributed by atoms with Gasteiger partial charge in [0.25, 0.3) is 5.56 Å². The van der Waals surface area contributed by atoms with Crippen LogP contribution >= 0.6 is 0 Å². The highest BCUT2D eigenvalue weighted by Crippen LogP contribution is 2.39. The lowest BCUT2D eigenvalue weighted by molar-refractivity contribution is 0.0693. The number of hydrogen-bond donors (Lipinski definition) is 1. The molecule has 26 heavy (non-hydrogen) atoms. The van der Waals surface area contributed by atoms with E-state index in [2.05, 4.69) is 5.10 Å². The van der Waals surface area contributed by atoms with E-state index in [1.165, 1.54) is 10.7 Å². The summed E-state index contributed by atoms with van der Waals surface area (Å²) in [6.07, 6.45) is 4.25. The first kappa shape index (κ1) is 16.4. The molecule has 0 atom stereocenters. The smallest absolute Gasteiger partial charge is 0.342 e. The Hall–Kier alpha value is -3.09. The van der Waals surface area contributed by atoms with Gasteiger partial charge in [-0.1, -0.05) is 12.1 Å². The first-order valence-corrected chi connectivity index (χ1v) is 8.56. The van der Waals surface area contributed by atoms with E-state index >= 15 is 0 Å². The Labute approximate surface area is 149 Å². The minimum absolute atomic E-state index is 0.266. The van der Waals surface area contributed by atoms with E-state index < -0.39 is 11.5 Å². The number of aryl methyl sites for hydroxylation is 2. The molecule has 4 rings (SSSR count). The van der Waals surface area contributed by atoms with Crippen molar-refractivity contribution in [2.24, 2.45) is 0 Å². The Morgan fingerprint density at radius 2 is 2.04 bits per heavy atom. The van der Waals surface area contributed by atoms with Crippen LogP contribution in [0.25, 0.3) is 5.65 Å². The van der Waals surface area contributed by atoms with Crippen molar-refractivity contribution in [1.29, 1.82) is 0 Å². The van der Waals surface area contributed by atoms with Gasteiger partial charge in [-0.25, -0.2) is 4.79 Å². The van der Waals surface area contributed by atoms with Gasteiger partial charge in [0.15, 0.2) is 0 Å². The highest BCUT2D eigenvalue weighted by molar-refractivity contribution is 5.87. The molecule has 134 valence electrons. The first-order chi connectivity index (χ1) is 12.6. The summed E-state index contributed by atoms with van der Waals surface area (Å²) in [6, 6.07) is 9.64. The van der Waals surface area contributed by atoms with Gasteiger partial charge < -0.3 is 14.4 Å². The molecule has 0 unspecified atom stereocenters. The Balaban J connectivity index is 1.71. The topological polar surface area (TPSA) is 85.8 Å². The number of nitrogens with zero attached hydrogens (tertiary/aromatic N) is 3. The summed E-state index contributed by atoms with van der Waals surface area (Å²) in [4.78, 5) is 23.9. The summed E-state index contributed by atoms with van der Waals surface area (Å²) in [6.45, 7) is 0.548. The van der Waals surface area contributed by atoms with Crippen molar-refractivity contribution >= 4 is 11.6 Å². The quantitative estimate of drug-likeness (QED) is 0.735. The van der Waals surface area contributed by atoms with Gasteiger partial charge in [0.1, 0.15) is 17.0 Å². The van der Waals surface area contributed by atoms with Crippen LogP contribution in [0.4, 0.5) is 0 Å². The normalized spacial score (nSPS) is 13.9. The van der Waals surface area contributed by atoms with E-state index in [4.69, 9.17) is 4.74 Å². The largest absolute Gasteiger partial charge is 0.497 e. The zero-order valence-electron chi connectivity index (χ0n) is 14.4. The van der Waals surface area contributed by atoms with Crippen LogP contribution in [0.5, 0.6) is 5.75 Å². The molecule has 2 aromatic heterocycles. The van der Waals surface area contributed by atoms with Crippen LogP contribution in [-0.4, -0.2) is 32.4 Å². The molecule has 0 radical (unpaired) electrons. The molecule has 1 aromatic carbocycles. The number of hydrogen-bond acceptors (Lipinski definition) is 4. The fourth-order valence-electron chi connectivity index (χ4n) is 3.08. The maximum absolute atomic E-state index is 12.4. The van der Waals surface area contributed by atoms with Gasteiger partial charge in [-0.15, -0.1) is 0 Å². The maximum atomic E-state index is 12.4. The van der Waals surface area contributed by atoms with E-state index in [1.807, 2.05) is 30.3 Å². The van der Waals surface area contributed by atoms with Gasteiger partial charge >= 0.3 is 5.97 Å². The number of aromatic nitrogens is 3. The first-order valence-electron chi connectivity index (χ1n) is 8.56. The van der Waals surface area contributed by atoms with Crippen molar-refractivity contribution in [3.63, 3.8) is 0 Å². The van der Waals surface area contributed by atoms with Crippen LogP contribution < -0.4 is 10.3 Å². The molecule has 1 aliphatic carbocycles. The van der Waals surface area contributed by atoms with Crippen LogP contribution in [0.15, 0.2) is 41.3 Å². The minimum Gasteiger partial charge on any atom is -0.497 e. The average molecular weight is 353 g/mol. The van der Waals surface area contributed by atoms with Crippen molar-refractivity contribution in [2.75, 3.05) is 7.11 Å². The molecule has 1 saturated carbocycles. The Morgan fingerprint density at radius 3 is 2.65 bits per heavy atom. The average Bonchev–Trinajstić information content (AvgIpc) is 3.40. The van der Waals surface area contributed by atoms with Gasteiger partial charge in [0, 0.05) is 24.7 Å². The third kappa shape index (κ3) is 2.96. The number of benzene rings is 1. The van der Waals surface area contributed by atoms with E-state index in [0.717, 1.165) is 29.8 Å². The number of aromatic carboxylic acids is 1. The lowest BCUT2D eigenvalue weighted by Crippen LogP contribution is -2.26. The number of carboxylic acids is 1. The van der Waals surface area contributed by atoms with Crippen molar-refractivity contribution in [1.82, 2.24) is 14.2 Å². The van der Waals surface area contributed by atoms with Crippen LogP contribution in [0, 0.1) is 0 Å². The minimum atomic E-state index is -1.24. The summed E-state index contributed by atoms with van der Waals surface area (Å²) in [5, 5.41) is 13.7. The SMILES string of the molecule is COc1ccc(CCn2cc(C(=O)O)c(=O)n3nc(C4CC4)cc23)cc1. The third-order valence-electron chi connectivity index (χ3n) is 4.74. The molecule has 0 saturated heterocycles.